The van der Waals surface area contributed by atoms with Gasteiger partial charge in [0.2, 0.25) is 0 Å². The fraction of sp³-hybridized carbons (Fsp3) is 1.00. The summed E-state index contributed by atoms with van der Waals surface area (Å²) in [5.74, 6) is 7.07. The summed E-state index contributed by atoms with van der Waals surface area (Å²) < 4.78 is 0. The van der Waals surface area contributed by atoms with E-state index in [0.29, 0.717) is 0 Å². The minimum atomic E-state index is 1.17. The molecule has 4 saturated carbocycles. The molecule has 6 atom stereocenters. The Bertz CT molecular complexity index is 217. The Morgan fingerprint density at radius 1 is 0.375 bits per heavy atom. The van der Waals surface area contributed by atoms with Crippen LogP contribution in [0.1, 0.15) is 64.2 Å². The van der Waals surface area contributed by atoms with Gasteiger partial charge in [0.15, 0.2) is 0 Å². The monoisotopic (exact) mass is 218 g/mol. The van der Waals surface area contributed by atoms with Crippen molar-refractivity contribution in [3.05, 3.63) is 0 Å². The molecule has 4 fully saturated rings. The summed E-state index contributed by atoms with van der Waals surface area (Å²) in [6, 6.07) is 0. The van der Waals surface area contributed by atoms with Crippen LogP contribution in [-0.2, 0) is 0 Å². The highest BCUT2D eigenvalue weighted by Crippen LogP contribution is 2.59. The van der Waals surface area contributed by atoms with Gasteiger partial charge in [-0.05, 0) is 61.2 Å². The van der Waals surface area contributed by atoms with Gasteiger partial charge >= 0.3 is 0 Å². The van der Waals surface area contributed by atoms with Crippen molar-refractivity contribution >= 4 is 0 Å². The standard InChI is InChI=1S/C16H26/c1-3-11-7-9-13-5-2-6-14-10-8-12(4-1)15(11)16(13)14/h11-16H,1-10H2/t11-,12-,13-,14+,15?,16?/m1/s1. The molecule has 2 unspecified atom stereocenters. The summed E-state index contributed by atoms with van der Waals surface area (Å²) in [6.45, 7) is 0. The molecule has 4 aliphatic carbocycles. The van der Waals surface area contributed by atoms with Crippen LogP contribution < -0.4 is 0 Å². The van der Waals surface area contributed by atoms with Crippen molar-refractivity contribution in [1.29, 1.82) is 0 Å². The minimum Gasteiger partial charge on any atom is -0.0528 e. The Morgan fingerprint density at radius 3 is 1.00 bits per heavy atom. The molecule has 0 heteroatoms. The Morgan fingerprint density at radius 2 is 0.688 bits per heavy atom. The van der Waals surface area contributed by atoms with Gasteiger partial charge in [-0.2, -0.15) is 0 Å². The Labute approximate surface area is 100 Å². The van der Waals surface area contributed by atoms with Crippen molar-refractivity contribution in [3.63, 3.8) is 0 Å². The number of rotatable bonds is 0. The highest BCUT2D eigenvalue weighted by atomic mass is 14.6. The predicted molar refractivity (Wildman–Crippen MR) is 67.1 cm³/mol. The second-order valence-electron chi connectivity index (χ2n) is 7.21. The highest BCUT2D eigenvalue weighted by Gasteiger charge is 2.50. The van der Waals surface area contributed by atoms with E-state index in [1.54, 1.807) is 64.2 Å². The van der Waals surface area contributed by atoms with Crippen LogP contribution in [0.2, 0.25) is 0 Å². The van der Waals surface area contributed by atoms with Crippen molar-refractivity contribution in [2.75, 3.05) is 0 Å². The zero-order valence-corrected chi connectivity index (χ0v) is 10.5. The van der Waals surface area contributed by atoms with E-state index >= 15 is 0 Å². The first-order chi connectivity index (χ1) is 7.93. The maximum absolute atomic E-state index is 1.61. The van der Waals surface area contributed by atoms with E-state index in [1.807, 2.05) is 0 Å². The van der Waals surface area contributed by atoms with Gasteiger partial charge in [-0.1, -0.05) is 38.5 Å². The Balaban J connectivity index is 1.67. The molecule has 4 rings (SSSR count). The van der Waals surface area contributed by atoms with Gasteiger partial charge in [0, 0.05) is 0 Å². The van der Waals surface area contributed by atoms with Crippen LogP contribution in [0, 0.1) is 35.5 Å². The molecule has 0 spiro atoms. The molecule has 0 radical (unpaired) electrons. The van der Waals surface area contributed by atoms with Crippen LogP contribution >= 0.6 is 0 Å². The van der Waals surface area contributed by atoms with Crippen molar-refractivity contribution in [2.45, 2.75) is 64.2 Å². The van der Waals surface area contributed by atoms with Crippen LogP contribution in [0.15, 0.2) is 0 Å². The van der Waals surface area contributed by atoms with Crippen LogP contribution in [0.25, 0.3) is 0 Å². The molecule has 0 aliphatic heterocycles. The predicted octanol–water partition coefficient (Wildman–Crippen LogP) is 4.64. The largest absolute Gasteiger partial charge is 0.0528 e. The maximum atomic E-state index is 1.61. The lowest BCUT2D eigenvalue weighted by atomic mass is 9.48. The summed E-state index contributed by atoms with van der Waals surface area (Å²) in [5.41, 5.74) is 0. The SMILES string of the molecule is C1C[C@@H]2CC[C@H]3CCC[C@H]4CC[C@@H](C1)C2C34. The summed E-state index contributed by atoms with van der Waals surface area (Å²) >= 11 is 0. The first kappa shape index (κ1) is 9.97. The molecular formula is C16H26. The van der Waals surface area contributed by atoms with Crippen LogP contribution in [0.4, 0.5) is 0 Å². The first-order valence-corrected chi connectivity index (χ1v) is 7.93. The van der Waals surface area contributed by atoms with Crippen LogP contribution in [0.5, 0.6) is 0 Å². The van der Waals surface area contributed by atoms with Crippen molar-refractivity contribution < 1.29 is 0 Å². The quantitative estimate of drug-likeness (QED) is 0.555. The molecular weight excluding hydrogens is 192 g/mol. The van der Waals surface area contributed by atoms with E-state index < -0.39 is 0 Å². The third-order valence-electron chi connectivity index (χ3n) is 6.74. The summed E-state index contributed by atoms with van der Waals surface area (Å²) in [5, 5.41) is 0. The average molecular weight is 218 g/mol. The highest BCUT2D eigenvalue weighted by molar-refractivity contribution is 5.00. The van der Waals surface area contributed by atoms with Crippen molar-refractivity contribution in [2.24, 2.45) is 35.5 Å². The molecule has 0 heterocycles. The molecule has 0 aromatic carbocycles. The second-order valence-corrected chi connectivity index (χ2v) is 7.21. The Hall–Kier alpha value is 0. The van der Waals surface area contributed by atoms with Gasteiger partial charge in [0.05, 0.1) is 0 Å². The molecule has 16 heavy (non-hydrogen) atoms. The van der Waals surface area contributed by atoms with E-state index in [2.05, 4.69) is 0 Å². The lowest BCUT2D eigenvalue weighted by molar-refractivity contribution is -0.0760. The molecule has 4 aliphatic rings. The van der Waals surface area contributed by atoms with Gasteiger partial charge < -0.3 is 0 Å². The van der Waals surface area contributed by atoms with Crippen molar-refractivity contribution in [3.8, 4) is 0 Å². The van der Waals surface area contributed by atoms with Crippen LogP contribution in [0.3, 0.4) is 0 Å². The fourth-order valence-electron chi connectivity index (χ4n) is 6.28. The zero-order valence-electron chi connectivity index (χ0n) is 10.5. The second kappa shape index (κ2) is 3.75. The normalized spacial score (nSPS) is 55.5. The molecule has 0 bridgehead atoms. The lowest BCUT2D eigenvalue weighted by Crippen LogP contribution is -2.49. The molecule has 0 amide bonds. The van der Waals surface area contributed by atoms with E-state index in [1.165, 1.54) is 35.5 Å². The third kappa shape index (κ3) is 1.34. The van der Waals surface area contributed by atoms with E-state index in [-0.39, 0.29) is 0 Å². The first-order valence-electron chi connectivity index (χ1n) is 7.93. The van der Waals surface area contributed by atoms with Gasteiger partial charge in [0.25, 0.3) is 0 Å². The summed E-state index contributed by atoms with van der Waals surface area (Å²) in [6.07, 6.45) is 15.9. The topological polar surface area (TPSA) is 0 Å². The van der Waals surface area contributed by atoms with E-state index in [4.69, 9.17) is 0 Å². The van der Waals surface area contributed by atoms with Crippen molar-refractivity contribution in [1.82, 2.24) is 0 Å². The number of hydrogen-bond acceptors (Lipinski definition) is 0. The van der Waals surface area contributed by atoms with Gasteiger partial charge in [-0.25, -0.2) is 0 Å². The van der Waals surface area contributed by atoms with Gasteiger partial charge in [-0.3, -0.25) is 0 Å². The Kier molecular flexibility index (Phi) is 2.34. The molecule has 0 N–H and O–H groups in total. The molecule has 90 valence electrons. The van der Waals surface area contributed by atoms with Gasteiger partial charge in [-0.15, -0.1) is 0 Å². The summed E-state index contributed by atoms with van der Waals surface area (Å²) in [4.78, 5) is 0. The third-order valence-corrected chi connectivity index (χ3v) is 6.74. The maximum Gasteiger partial charge on any atom is -0.0324 e. The number of hydrogen-bond donors (Lipinski definition) is 0. The van der Waals surface area contributed by atoms with Crippen LogP contribution in [-0.4, -0.2) is 0 Å². The smallest absolute Gasteiger partial charge is 0.0324 e. The molecule has 0 aromatic rings. The summed E-state index contributed by atoms with van der Waals surface area (Å²) in [7, 11) is 0. The lowest BCUT2D eigenvalue weighted by Gasteiger charge is -2.57. The molecule has 0 nitrogen and oxygen atoms in total. The van der Waals surface area contributed by atoms with E-state index in [9.17, 15) is 0 Å². The zero-order chi connectivity index (χ0) is 10.5. The molecule has 0 saturated heterocycles. The van der Waals surface area contributed by atoms with E-state index in [0.717, 1.165) is 0 Å². The minimum absolute atomic E-state index is 1.17. The fourth-order valence-corrected chi connectivity index (χ4v) is 6.28. The molecule has 0 aromatic heterocycles. The van der Waals surface area contributed by atoms with Gasteiger partial charge in [0.1, 0.15) is 0 Å². The average Bonchev–Trinajstić information content (AvgIpc) is 2.36.